The fourth-order valence-corrected chi connectivity index (χ4v) is 2.74. The van der Waals surface area contributed by atoms with Gasteiger partial charge < -0.3 is 10.1 Å². The monoisotopic (exact) mass is 287 g/mol. The van der Waals surface area contributed by atoms with Crippen molar-refractivity contribution in [2.45, 2.75) is 38.8 Å². The van der Waals surface area contributed by atoms with E-state index in [0.717, 1.165) is 36.5 Å². The van der Waals surface area contributed by atoms with Crippen molar-refractivity contribution in [3.05, 3.63) is 35.7 Å². The van der Waals surface area contributed by atoms with Gasteiger partial charge in [-0.1, -0.05) is 25.1 Å². The molecule has 0 saturated carbocycles. The van der Waals surface area contributed by atoms with Gasteiger partial charge >= 0.3 is 0 Å². The average molecular weight is 287 g/mol. The van der Waals surface area contributed by atoms with Crippen LogP contribution in [-0.2, 0) is 0 Å². The zero-order chi connectivity index (χ0) is 14.7. The third-order valence-electron chi connectivity index (χ3n) is 3.83. The van der Waals surface area contributed by atoms with Crippen LogP contribution in [0.4, 0.5) is 0 Å². The van der Waals surface area contributed by atoms with Crippen molar-refractivity contribution in [2.24, 2.45) is 0 Å². The minimum Gasteiger partial charge on any atom is -0.493 e. The lowest BCUT2D eigenvalue weighted by Gasteiger charge is -2.27. The second-order valence-electron chi connectivity index (χ2n) is 5.35. The molecule has 1 aromatic carbocycles. The summed E-state index contributed by atoms with van der Waals surface area (Å²) in [5, 5.41) is 15.8. The number of para-hydroxylation sites is 1. The van der Waals surface area contributed by atoms with Gasteiger partial charge in [-0.2, -0.15) is 0 Å². The third-order valence-corrected chi connectivity index (χ3v) is 3.83. The Hall–Kier alpha value is -1.95. The Morgan fingerprint density at radius 1 is 1.43 bits per heavy atom. The first kappa shape index (κ1) is 14.0. The number of aromatic nitrogens is 4. The van der Waals surface area contributed by atoms with Crippen LogP contribution >= 0.6 is 0 Å². The molecule has 2 aromatic rings. The highest BCUT2D eigenvalue weighted by Gasteiger charge is 2.27. The van der Waals surface area contributed by atoms with Crippen LogP contribution in [0, 0.1) is 0 Å². The zero-order valence-corrected chi connectivity index (χ0v) is 12.5. The summed E-state index contributed by atoms with van der Waals surface area (Å²) in [6.45, 7) is 5.90. The molecule has 1 aromatic heterocycles. The van der Waals surface area contributed by atoms with E-state index in [2.05, 4.69) is 40.8 Å². The number of rotatable bonds is 5. The minimum absolute atomic E-state index is 0.134. The Bertz CT molecular complexity index is 597. The van der Waals surface area contributed by atoms with Crippen molar-refractivity contribution in [3.8, 4) is 5.75 Å². The van der Waals surface area contributed by atoms with Crippen LogP contribution in [0.2, 0.25) is 0 Å². The van der Waals surface area contributed by atoms with E-state index in [-0.39, 0.29) is 12.1 Å². The number of hydrogen-bond acceptors (Lipinski definition) is 5. The summed E-state index contributed by atoms with van der Waals surface area (Å²) >= 11 is 0. The summed E-state index contributed by atoms with van der Waals surface area (Å²) < 4.78 is 7.66. The predicted octanol–water partition coefficient (Wildman–Crippen LogP) is 2.11. The number of nitrogens with one attached hydrogen (secondary N) is 1. The molecule has 0 bridgehead atoms. The highest BCUT2D eigenvalue weighted by atomic mass is 16.5. The number of nitrogens with zero attached hydrogens (tertiary/aromatic N) is 4. The molecule has 6 nitrogen and oxygen atoms in total. The van der Waals surface area contributed by atoms with Crippen molar-refractivity contribution in [1.82, 2.24) is 25.5 Å². The summed E-state index contributed by atoms with van der Waals surface area (Å²) in [5.41, 5.74) is 1.15. The molecule has 2 unspecified atom stereocenters. The first-order valence-corrected chi connectivity index (χ1v) is 7.54. The van der Waals surface area contributed by atoms with E-state index in [1.165, 1.54) is 0 Å². The van der Waals surface area contributed by atoms with Crippen LogP contribution in [0.5, 0.6) is 5.75 Å². The van der Waals surface area contributed by atoms with Gasteiger partial charge in [-0.25, -0.2) is 4.68 Å². The lowest BCUT2D eigenvalue weighted by Crippen LogP contribution is -2.27. The van der Waals surface area contributed by atoms with Gasteiger partial charge in [-0.3, -0.25) is 0 Å². The quantitative estimate of drug-likeness (QED) is 0.912. The summed E-state index contributed by atoms with van der Waals surface area (Å²) in [6.07, 6.45) is 1.97. The van der Waals surface area contributed by atoms with Crippen molar-refractivity contribution in [2.75, 3.05) is 13.2 Å². The SMILES string of the molecule is CCCNC(C)c1nnnn1C1CCOc2ccccc21. The van der Waals surface area contributed by atoms with E-state index in [9.17, 15) is 0 Å². The number of benzene rings is 1. The van der Waals surface area contributed by atoms with Crippen molar-refractivity contribution in [3.63, 3.8) is 0 Å². The second-order valence-corrected chi connectivity index (χ2v) is 5.35. The number of tetrazole rings is 1. The zero-order valence-electron chi connectivity index (χ0n) is 12.5. The Morgan fingerprint density at radius 3 is 3.14 bits per heavy atom. The summed E-state index contributed by atoms with van der Waals surface area (Å²) in [6, 6.07) is 8.40. The molecular formula is C15H21N5O. The van der Waals surface area contributed by atoms with Gasteiger partial charge in [0.25, 0.3) is 0 Å². The maximum Gasteiger partial charge on any atom is 0.168 e. The van der Waals surface area contributed by atoms with Crippen molar-refractivity contribution in [1.29, 1.82) is 0 Å². The van der Waals surface area contributed by atoms with Crippen LogP contribution in [0.3, 0.4) is 0 Å². The Kier molecular flexibility index (Phi) is 4.15. The molecule has 0 aliphatic carbocycles. The van der Waals surface area contributed by atoms with Gasteiger partial charge in [0.05, 0.1) is 18.7 Å². The number of hydrogen-bond donors (Lipinski definition) is 1. The topological polar surface area (TPSA) is 64.9 Å². The van der Waals surface area contributed by atoms with E-state index in [1.807, 2.05) is 22.9 Å². The molecule has 1 N–H and O–H groups in total. The number of fused-ring (bicyclic) bond motifs is 1. The van der Waals surface area contributed by atoms with Crippen LogP contribution in [0.25, 0.3) is 0 Å². The molecule has 1 aliphatic rings. The molecule has 0 radical (unpaired) electrons. The van der Waals surface area contributed by atoms with E-state index in [0.29, 0.717) is 6.61 Å². The van der Waals surface area contributed by atoms with E-state index in [1.54, 1.807) is 0 Å². The van der Waals surface area contributed by atoms with Crippen molar-refractivity contribution < 1.29 is 4.74 Å². The highest BCUT2D eigenvalue weighted by molar-refractivity contribution is 5.37. The maximum atomic E-state index is 5.72. The molecule has 0 fully saturated rings. The fraction of sp³-hybridized carbons (Fsp3) is 0.533. The molecule has 1 aliphatic heterocycles. The molecule has 3 rings (SSSR count). The summed E-state index contributed by atoms with van der Waals surface area (Å²) in [4.78, 5) is 0. The van der Waals surface area contributed by atoms with Gasteiger partial charge in [-0.15, -0.1) is 5.10 Å². The molecule has 112 valence electrons. The highest BCUT2D eigenvalue weighted by Crippen LogP contribution is 2.34. The average Bonchev–Trinajstić information content (AvgIpc) is 3.01. The Morgan fingerprint density at radius 2 is 2.29 bits per heavy atom. The molecule has 2 atom stereocenters. The lowest BCUT2D eigenvalue weighted by atomic mass is 10.0. The molecule has 2 heterocycles. The molecule has 6 heteroatoms. The van der Waals surface area contributed by atoms with E-state index < -0.39 is 0 Å². The standard InChI is InChI=1S/C15H21N5O/c1-3-9-16-11(2)15-17-18-19-20(15)13-8-10-21-14-7-5-4-6-12(13)14/h4-7,11,13,16H,3,8-10H2,1-2H3. The molecule has 0 spiro atoms. The van der Waals surface area contributed by atoms with E-state index in [4.69, 9.17) is 4.74 Å². The lowest BCUT2D eigenvalue weighted by molar-refractivity contribution is 0.245. The predicted molar refractivity (Wildman–Crippen MR) is 79.2 cm³/mol. The normalized spacial score (nSPS) is 18.9. The Labute approximate surface area is 124 Å². The van der Waals surface area contributed by atoms with Gasteiger partial charge in [-0.05, 0) is 36.4 Å². The van der Waals surface area contributed by atoms with Crippen molar-refractivity contribution >= 4 is 0 Å². The second kappa shape index (κ2) is 6.22. The van der Waals surface area contributed by atoms with Crippen LogP contribution in [0.15, 0.2) is 24.3 Å². The van der Waals surface area contributed by atoms with Crippen LogP contribution in [0.1, 0.15) is 50.2 Å². The Balaban J connectivity index is 1.90. The van der Waals surface area contributed by atoms with Gasteiger partial charge in [0.1, 0.15) is 5.75 Å². The largest absolute Gasteiger partial charge is 0.493 e. The third kappa shape index (κ3) is 2.76. The maximum absolute atomic E-state index is 5.72. The first-order valence-electron chi connectivity index (χ1n) is 7.54. The van der Waals surface area contributed by atoms with Crippen LogP contribution in [-0.4, -0.2) is 33.4 Å². The summed E-state index contributed by atoms with van der Waals surface area (Å²) in [5.74, 6) is 1.81. The molecule has 21 heavy (non-hydrogen) atoms. The smallest absolute Gasteiger partial charge is 0.168 e. The molecule has 0 amide bonds. The summed E-state index contributed by atoms with van der Waals surface area (Å²) in [7, 11) is 0. The van der Waals surface area contributed by atoms with Gasteiger partial charge in [0.15, 0.2) is 5.82 Å². The van der Waals surface area contributed by atoms with Gasteiger partial charge in [0.2, 0.25) is 0 Å². The van der Waals surface area contributed by atoms with Gasteiger partial charge in [0, 0.05) is 12.0 Å². The van der Waals surface area contributed by atoms with Crippen LogP contribution < -0.4 is 10.1 Å². The molecule has 0 saturated heterocycles. The molecular weight excluding hydrogens is 266 g/mol. The number of ether oxygens (including phenoxy) is 1. The first-order chi connectivity index (χ1) is 10.3. The fourth-order valence-electron chi connectivity index (χ4n) is 2.74. The minimum atomic E-state index is 0.134. The van der Waals surface area contributed by atoms with E-state index >= 15 is 0 Å².